The van der Waals surface area contributed by atoms with E-state index in [0.717, 1.165) is 29.2 Å². The van der Waals surface area contributed by atoms with E-state index in [9.17, 15) is 5.11 Å². The van der Waals surface area contributed by atoms with Crippen molar-refractivity contribution in [2.24, 2.45) is 0 Å². The minimum absolute atomic E-state index is 0.454. The summed E-state index contributed by atoms with van der Waals surface area (Å²) < 4.78 is 7.72. The molecule has 1 aromatic heterocycles. The molecule has 0 aliphatic rings. The Morgan fingerprint density at radius 1 is 1.32 bits per heavy atom. The molecule has 0 aliphatic heterocycles. The largest absolute Gasteiger partial charge is 0.386 e. The third kappa shape index (κ3) is 4.21. The number of hydrogen-bond acceptors (Lipinski definition) is 3. The molecule has 0 spiro atoms. The molecule has 4 nitrogen and oxygen atoms in total. The Labute approximate surface area is 134 Å². The molecule has 1 N–H and O–H groups in total. The molecule has 118 valence electrons. The van der Waals surface area contributed by atoms with Crippen LogP contribution in [0.4, 0.5) is 0 Å². The standard InChI is InChI=1S/C16H25BN2O2Si/c1-16(2,20)13-8-12(17)9-14-15(13)18-10-19(14)11-21-6-7-22(3,4)5/h8-10,20H,6-7,11H2,1-5H3. The van der Waals surface area contributed by atoms with E-state index in [4.69, 9.17) is 12.6 Å². The third-order valence-corrected chi connectivity index (χ3v) is 5.34. The van der Waals surface area contributed by atoms with Crippen molar-refractivity contribution < 1.29 is 9.84 Å². The molecule has 0 unspecified atom stereocenters. The monoisotopic (exact) mass is 316 g/mol. The lowest BCUT2D eigenvalue weighted by atomic mass is 9.88. The fourth-order valence-electron chi connectivity index (χ4n) is 2.30. The molecule has 0 saturated heterocycles. The number of hydrogen-bond donors (Lipinski definition) is 1. The molecule has 0 bridgehead atoms. The van der Waals surface area contributed by atoms with Gasteiger partial charge in [-0.15, -0.1) is 0 Å². The first kappa shape index (κ1) is 17.2. The Balaban J connectivity index is 2.21. The summed E-state index contributed by atoms with van der Waals surface area (Å²) in [5.41, 5.74) is 2.04. The molecule has 0 atom stereocenters. The van der Waals surface area contributed by atoms with E-state index in [1.807, 2.05) is 10.6 Å². The van der Waals surface area contributed by atoms with Crippen molar-refractivity contribution in [1.29, 1.82) is 0 Å². The van der Waals surface area contributed by atoms with E-state index < -0.39 is 13.7 Å². The van der Waals surface area contributed by atoms with Crippen molar-refractivity contribution in [2.45, 2.75) is 51.9 Å². The zero-order valence-corrected chi connectivity index (χ0v) is 15.2. The Kier molecular flexibility index (Phi) is 4.85. The van der Waals surface area contributed by atoms with Gasteiger partial charge in [-0.25, -0.2) is 4.98 Å². The summed E-state index contributed by atoms with van der Waals surface area (Å²) in [5, 5.41) is 10.3. The predicted octanol–water partition coefficient (Wildman–Crippen LogP) is 2.37. The quantitative estimate of drug-likeness (QED) is 0.657. The summed E-state index contributed by atoms with van der Waals surface area (Å²) in [6.07, 6.45) is 1.74. The predicted molar refractivity (Wildman–Crippen MR) is 94.5 cm³/mol. The molecule has 1 heterocycles. The minimum atomic E-state index is -1.08. The molecule has 0 fully saturated rings. The first-order valence-electron chi connectivity index (χ1n) is 7.63. The zero-order valence-electron chi connectivity index (χ0n) is 14.2. The first-order valence-corrected chi connectivity index (χ1v) is 11.3. The van der Waals surface area contributed by atoms with Crippen LogP contribution in [0, 0.1) is 0 Å². The van der Waals surface area contributed by atoms with E-state index in [1.165, 1.54) is 0 Å². The van der Waals surface area contributed by atoms with Crippen LogP contribution in [0.3, 0.4) is 0 Å². The Morgan fingerprint density at radius 3 is 2.59 bits per heavy atom. The average molecular weight is 316 g/mol. The molecule has 0 saturated carbocycles. The fourth-order valence-corrected chi connectivity index (χ4v) is 3.05. The molecule has 2 radical (unpaired) electrons. The number of rotatable bonds is 6. The molecular weight excluding hydrogens is 291 g/mol. The number of fused-ring (bicyclic) bond motifs is 1. The smallest absolute Gasteiger partial charge is 0.124 e. The van der Waals surface area contributed by atoms with Crippen LogP contribution in [0.1, 0.15) is 19.4 Å². The van der Waals surface area contributed by atoms with Crippen LogP contribution in [0.5, 0.6) is 0 Å². The Bertz CT molecular complexity index is 656. The van der Waals surface area contributed by atoms with Crippen molar-refractivity contribution in [2.75, 3.05) is 6.61 Å². The number of nitrogens with zero attached hydrogens (tertiary/aromatic N) is 2. The lowest BCUT2D eigenvalue weighted by Crippen LogP contribution is -2.22. The first-order chi connectivity index (χ1) is 10.1. The maximum atomic E-state index is 10.3. The van der Waals surface area contributed by atoms with Crippen molar-refractivity contribution in [3.63, 3.8) is 0 Å². The zero-order chi connectivity index (χ0) is 16.5. The summed E-state index contributed by atoms with van der Waals surface area (Å²) in [6, 6.07) is 4.79. The van der Waals surface area contributed by atoms with Crippen molar-refractivity contribution in [3.05, 3.63) is 24.0 Å². The molecule has 0 aliphatic carbocycles. The summed E-state index contributed by atoms with van der Waals surface area (Å²) in [4.78, 5) is 4.43. The van der Waals surface area contributed by atoms with Crippen LogP contribution in [0.2, 0.25) is 25.7 Å². The minimum Gasteiger partial charge on any atom is -0.386 e. The molecular formula is C16H25BN2O2Si. The van der Waals surface area contributed by atoms with Gasteiger partial charge in [-0.3, -0.25) is 0 Å². The topological polar surface area (TPSA) is 47.3 Å². The highest BCUT2D eigenvalue weighted by molar-refractivity contribution is 6.76. The number of imidazole rings is 1. The molecule has 6 heteroatoms. The highest BCUT2D eigenvalue weighted by Crippen LogP contribution is 2.26. The second-order valence-corrected chi connectivity index (χ2v) is 13.2. The number of ether oxygens (including phenoxy) is 1. The van der Waals surface area contributed by atoms with E-state index in [-0.39, 0.29) is 0 Å². The maximum absolute atomic E-state index is 10.3. The second-order valence-electron chi connectivity index (χ2n) is 7.56. The summed E-state index contributed by atoms with van der Waals surface area (Å²) in [6.45, 7) is 11.7. The van der Waals surface area contributed by atoms with E-state index in [0.29, 0.717) is 12.2 Å². The van der Waals surface area contributed by atoms with Gasteiger partial charge in [0.25, 0.3) is 0 Å². The van der Waals surface area contributed by atoms with Gasteiger partial charge in [-0.2, -0.15) is 0 Å². The molecule has 1 aromatic carbocycles. The molecule has 2 aromatic rings. The van der Waals surface area contributed by atoms with Crippen molar-refractivity contribution in [1.82, 2.24) is 9.55 Å². The van der Waals surface area contributed by atoms with Crippen molar-refractivity contribution >= 4 is 32.4 Å². The molecule has 2 rings (SSSR count). The van der Waals surface area contributed by atoms with Gasteiger partial charge in [0.1, 0.15) is 14.6 Å². The van der Waals surface area contributed by atoms with Gasteiger partial charge < -0.3 is 14.4 Å². The third-order valence-electron chi connectivity index (χ3n) is 3.63. The van der Waals surface area contributed by atoms with E-state index in [1.54, 1.807) is 26.2 Å². The summed E-state index contributed by atoms with van der Waals surface area (Å²) in [7, 11) is 4.90. The summed E-state index contributed by atoms with van der Waals surface area (Å²) in [5.74, 6) is 0. The average Bonchev–Trinajstić information content (AvgIpc) is 2.74. The van der Waals surface area contributed by atoms with Gasteiger partial charge in [0.2, 0.25) is 0 Å². The van der Waals surface area contributed by atoms with E-state index >= 15 is 0 Å². The SMILES string of the molecule is [B]c1cc(C(C)(C)O)c2ncn(COCC[Si](C)(C)C)c2c1. The number of aliphatic hydroxyl groups is 1. The number of benzene rings is 1. The van der Waals surface area contributed by atoms with Gasteiger partial charge in [-0.1, -0.05) is 31.2 Å². The molecule has 22 heavy (non-hydrogen) atoms. The lowest BCUT2D eigenvalue weighted by molar-refractivity contribution is 0.0800. The maximum Gasteiger partial charge on any atom is 0.124 e. The van der Waals surface area contributed by atoms with Gasteiger partial charge in [0, 0.05) is 20.2 Å². The lowest BCUT2D eigenvalue weighted by Gasteiger charge is -2.19. The van der Waals surface area contributed by atoms with E-state index in [2.05, 4.69) is 24.6 Å². The van der Waals surface area contributed by atoms with Gasteiger partial charge in [0.05, 0.1) is 23.0 Å². The van der Waals surface area contributed by atoms with Gasteiger partial charge in [-0.05, 0) is 26.0 Å². The van der Waals surface area contributed by atoms with Crippen molar-refractivity contribution in [3.8, 4) is 0 Å². The molecule has 0 amide bonds. The van der Waals surface area contributed by atoms with Crippen LogP contribution in [0.25, 0.3) is 11.0 Å². The van der Waals surface area contributed by atoms with Gasteiger partial charge in [0.15, 0.2) is 0 Å². The number of aromatic nitrogens is 2. The second kappa shape index (κ2) is 6.18. The highest BCUT2D eigenvalue weighted by atomic mass is 28.3. The normalized spacial score (nSPS) is 13.0. The van der Waals surface area contributed by atoms with Crippen LogP contribution >= 0.6 is 0 Å². The van der Waals surface area contributed by atoms with Gasteiger partial charge >= 0.3 is 0 Å². The fraction of sp³-hybridized carbons (Fsp3) is 0.562. The van der Waals surface area contributed by atoms with Crippen LogP contribution in [0.15, 0.2) is 18.5 Å². The highest BCUT2D eigenvalue weighted by Gasteiger charge is 2.21. The Morgan fingerprint density at radius 2 is 2.00 bits per heavy atom. The van der Waals surface area contributed by atoms with Crippen LogP contribution in [-0.4, -0.2) is 37.2 Å². The summed E-state index contributed by atoms with van der Waals surface area (Å²) >= 11 is 0. The van der Waals surface area contributed by atoms with Crippen LogP contribution < -0.4 is 5.46 Å². The van der Waals surface area contributed by atoms with Crippen LogP contribution in [-0.2, 0) is 17.1 Å². The Hall–Kier alpha value is -1.11.